The van der Waals surface area contributed by atoms with Crippen LogP contribution in [0.5, 0.6) is 0 Å². The van der Waals surface area contributed by atoms with E-state index in [0.29, 0.717) is 6.54 Å². The SMILES string of the molecule is O=C(O)c1ccc(CN[C@@H]2CO[C@H](CNS(=O)(=O)c3ccccc3)[C@H]2O)cc1. The Kier molecular flexibility index (Phi) is 6.42. The third-order valence-electron chi connectivity index (χ3n) is 4.58. The molecule has 1 saturated heterocycles. The molecule has 1 aliphatic rings. The number of benzene rings is 2. The van der Waals surface area contributed by atoms with Gasteiger partial charge in [-0.3, -0.25) is 0 Å². The fourth-order valence-corrected chi connectivity index (χ4v) is 4.00. The van der Waals surface area contributed by atoms with Gasteiger partial charge in [-0.05, 0) is 29.8 Å². The molecular formula is C19H22N2O6S. The smallest absolute Gasteiger partial charge is 0.335 e. The second-order valence-corrected chi connectivity index (χ2v) is 8.28. The van der Waals surface area contributed by atoms with Crippen LogP contribution >= 0.6 is 0 Å². The molecule has 28 heavy (non-hydrogen) atoms. The molecule has 150 valence electrons. The number of carbonyl (C=O) groups is 1. The van der Waals surface area contributed by atoms with E-state index in [2.05, 4.69) is 10.0 Å². The maximum absolute atomic E-state index is 12.3. The molecule has 2 aromatic rings. The number of rotatable bonds is 8. The highest BCUT2D eigenvalue weighted by molar-refractivity contribution is 7.89. The van der Waals surface area contributed by atoms with Crippen molar-refractivity contribution in [2.45, 2.75) is 29.7 Å². The molecule has 0 spiro atoms. The first kappa shape index (κ1) is 20.4. The van der Waals surface area contributed by atoms with Gasteiger partial charge in [-0.2, -0.15) is 0 Å². The van der Waals surface area contributed by atoms with Gasteiger partial charge in [0.15, 0.2) is 0 Å². The van der Waals surface area contributed by atoms with Crippen LogP contribution in [-0.2, 0) is 21.3 Å². The van der Waals surface area contributed by atoms with Crippen molar-refractivity contribution >= 4 is 16.0 Å². The van der Waals surface area contributed by atoms with Crippen LogP contribution in [0.4, 0.5) is 0 Å². The van der Waals surface area contributed by atoms with Crippen LogP contribution in [-0.4, -0.2) is 56.0 Å². The van der Waals surface area contributed by atoms with Crippen LogP contribution in [0, 0.1) is 0 Å². The zero-order valence-corrected chi connectivity index (χ0v) is 15.8. The number of aromatic carboxylic acids is 1. The van der Waals surface area contributed by atoms with Crippen molar-refractivity contribution in [1.82, 2.24) is 10.0 Å². The predicted octanol–water partition coefficient (Wildman–Crippen LogP) is 0.581. The van der Waals surface area contributed by atoms with Crippen molar-refractivity contribution in [2.75, 3.05) is 13.2 Å². The van der Waals surface area contributed by atoms with E-state index in [9.17, 15) is 18.3 Å². The second kappa shape index (κ2) is 8.80. The highest BCUT2D eigenvalue weighted by atomic mass is 32.2. The lowest BCUT2D eigenvalue weighted by Gasteiger charge is -2.19. The average Bonchev–Trinajstić information content (AvgIpc) is 3.05. The molecule has 0 bridgehead atoms. The Labute approximate surface area is 163 Å². The fraction of sp³-hybridized carbons (Fsp3) is 0.316. The minimum Gasteiger partial charge on any atom is -0.478 e. The quantitative estimate of drug-likeness (QED) is 0.505. The number of carboxylic acid groups (broad SMARTS) is 1. The standard InChI is InChI=1S/C19H22N2O6S/c22-18-16(20-10-13-6-8-14(9-7-13)19(23)24)12-27-17(18)11-21-28(25,26)15-4-2-1-3-5-15/h1-9,16-18,20-22H,10-12H2,(H,23,24)/t16-,17-,18+/m1/s1. The Morgan fingerprint density at radius 1 is 1.11 bits per heavy atom. The molecule has 1 heterocycles. The summed E-state index contributed by atoms with van der Waals surface area (Å²) in [5, 5.41) is 22.5. The topological polar surface area (TPSA) is 125 Å². The lowest BCUT2D eigenvalue weighted by atomic mass is 10.1. The summed E-state index contributed by atoms with van der Waals surface area (Å²) in [4.78, 5) is 11.0. The van der Waals surface area contributed by atoms with Gasteiger partial charge in [0.25, 0.3) is 0 Å². The van der Waals surface area contributed by atoms with Gasteiger partial charge in [0.05, 0.1) is 35.3 Å². The molecule has 3 atom stereocenters. The van der Waals surface area contributed by atoms with E-state index in [0.717, 1.165) is 5.56 Å². The summed E-state index contributed by atoms with van der Waals surface area (Å²) < 4.78 is 32.5. The van der Waals surface area contributed by atoms with Crippen LogP contribution in [0.15, 0.2) is 59.5 Å². The van der Waals surface area contributed by atoms with Crippen LogP contribution < -0.4 is 10.0 Å². The van der Waals surface area contributed by atoms with E-state index in [1.807, 2.05) is 0 Å². The molecule has 0 aromatic heterocycles. The first-order valence-corrected chi connectivity index (χ1v) is 10.2. The van der Waals surface area contributed by atoms with Crippen LogP contribution in [0.25, 0.3) is 0 Å². The zero-order chi connectivity index (χ0) is 20.1. The Balaban J connectivity index is 1.50. The van der Waals surface area contributed by atoms with E-state index in [-0.39, 0.29) is 29.7 Å². The van der Waals surface area contributed by atoms with Crippen molar-refractivity contribution in [2.24, 2.45) is 0 Å². The molecule has 0 amide bonds. The van der Waals surface area contributed by atoms with Gasteiger partial charge in [-0.25, -0.2) is 17.9 Å². The van der Waals surface area contributed by atoms with Crippen molar-refractivity contribution in [3.8, 4) is 0 Å². The van der Waals surface area contributed by atoms with Gasteiger partial charge in [0, 0.05) is 13.1 Å². The first-order valence-electron chi connectivity index (χ1n) is 8.77. The molecule has 8 nitrogen and oxygen atoms in total. The number of nitrogens with one attached hydrogen (secondary N) is 2. The fourth-order valence-electron chi connectivity index (χ4n) is 2.93. The monoisotopic (exact) mass is 406 g/mol. The molecule has 0 unspecified atom stereocenters. The van der Waals surface area contributed by atoms with Crippen molar-refractivity contribution in [3.05, 3.63) is 65.7 Å². The van der Waals surface area contributed by atoms with Crippen LogP contribution in [0.1, 0.15) is 15.9 Å². The van der Waals surface area contributed by atoms with E-state index in [1.165, 1.54) is 24.3 Å². The molecule has 2 aromatic carbocycles. The van der Waals surface area contributed by atoms with Crippen LogP contribution in [0.2, 0.25) is 0 Å². The maximum atomic E-state index is 12.3. The van der Waals surface area contributed by atoms with Gasteiger partial charge in [-0.1, -0.05) is 30.3 Å². The number of hydrogen-bond donors (Lipinski definition) is 4. The summed E-state index contributed by atoms with van der Waals surface area (Å²) >= 11 is 0. The highest BCUT2D eigenvalue weighted by Crippen LogP contribution is 2.16. The molecule has 1 aliphatic heterocycles. The highest BCUT2D eigenvalue weighted by Gasteiger charge is 2.36. The normalized spacial score (nSPS) is 22.2. The minimum absolute atomic E-state index is 0.0378. The van der Waals surface area contributed by atoms with Gasteiger partial charge >= 0.3 is 5.97 Å². The van der Waals surface area contributed by atoms with Crippen molar-refractivity contribution in [1.29, 1.82) is 0 Å². The van der Waals surface area contributed by atoms with E-state index in [4.69, 9.17) is 9.84 Å². The molecule has 0 radical (unpaired) electrons. The van der Waals surface area contributed by atoms with E-state index >= 15 is 0 Å². The lowest BCUT2D eigenvalue weighted by molar-refractivity contribution is 0.0443. The van der Waals surface area contributed by atoms with Gasteiger partial charge in [0.2, 0.25) is 10.0 Å². The summed E-state index contributed by atoms with van der Waals surface area (Å²) in [5.74, 6) is -0.986. The van der Waals surface area contributed by atoms with Crippen LogP contribution in [0.3, 0.4) is 0 Å². The first-order chi connectivity index (χ1) is 13.4. The number of aliphatic hydroxyl groups excluding tert-OH is 1. The van der Waals surface area contributed by atoms with E-state index < -0.39 is 28.2 Å². The van der Waals surface area contributed by atoms with Crippen molar-refractivity contribution in [3.63, 3.8) is 0 Å². The third kappa shape index (κ3) is 4.94. The predicted molar refractivity (Wildman–Crippen MR) is 101 cm³/mol. The largest absolute Gasteiger partial charge is 0.478 e. The summed E-state index contributed by atoms with van der Waals surface area (Å²) in [7, 11) is -3.66. The Morgan fingerprint density at radius 2 is 1.79 bits per heavy atom. The summed E-state index contributed by atoms with van der Waals surface area (Å²) in [6, 6.07) is 14.1. The number of carboxylic acids is 1. The Hall–Kier alpha value is -2.30. The number of sulfonamides is 1. The Morgan fingerprint density at radius 3 is 2.43 bits per heavy atom. The molecular weight excluding hydrogens is 384 g/mol. The molecule has 4 N–H and O–H groups in total. The van der Waals surface area contributed by atoms with E-state index in [1.54, 1.807) is 30.3 Å². The molecule has 9 heteroatoms. The van der Waals surface area contributed by atoms with Gasteiger partial charge in [-0.15, -0.1) is 0 Å². The number of hydrogen-bond acceptors (Lipinski definition) is 6. The number of ether oxygens (including phenoxy) is 1. The lowest BCUT2D eigenvalue weighted by Crippen LogP contribution is -2.44. The number of aliphatic hydroxyl groups is 1. The van der Waals surface area contributed by atoms with Crippen molar-refractivity contribution < 1.29 is 28.2 Å². The second-order valence-electron chi connectivity index (χ2n) is 6.52. The maximum Gasteiger partial charge on any atom is 0.335 e. The summed E-state index contributed by atoms with van der Waals surface area (Å²) in [6.45, 7) is 0.628. The molecule has 3 rings (SSSR count). The Bertz CT molecular complexity index is 902. The summed E-state index contributed by atoms with van der Waals surface area (Å²) in [6.07, 6.45) is -1.54. The van der Waals surface area contributed by atoms with Gasteiger partial charge < -0.3 is 20.3 Å². The molecule has 0 aliphatic carbocycles. The third-order valence-corrected chi connectivity index (χ3v) is 6.02. The van der Waals surface area contributed by atoms with Gasteiger partial charge in [0.1, 0.15) is 0 Å². The molecule has 1 fully saturated rings. The minimum atomic E-state index is -3.66. The molecule has 0 saturated carbocycles. The summed E-state index contributed by atoms with van der Waals surface area (Å²) in [5.41, 5.74) is 1.07. The average molecular weight is 406 g/mol. The zero-order valence-electron chi connectivity index (χ0n) is 15.0.